The number of aromatic nitrogens is 5. The van der Waals surface area contributed by atoms with Gasteiger partial charge in [0.1, 0.15) is 12.1 Å². The summed E-state index contributed by atoms with van der Waals surface area (Å²) in [5.74, 6) is -0.911. The van der Waals surface area contributed by atoms with Gasteiger partial charge in [-0.3, -0.25) is 14.3 Å². The molecule has 1 aliphatic carbocycles. The third kappa shape index (κ3) is 4.76. The molecular weight excluding hydrogens is 463 g/mol. The Kier molecular flexibility index (Phi) is 6.60. The summed E-state index contributed by atoms with van der Waals surface area (Å²) < 4.78 is 18.0. The first kappa shape index (κ1) is 23.8. The molecule has 3 aromatic heterocycles. The molecule has 1 amide bonds. The lowest BCUT2D eigenvalue weighted by molar-refractivity contribution is 0.0819. The van der Waals surface area contributed by atoms with Gasteiger partial charge in [0.25, 0.3) is 11.5 Å². The SMILES string of the molecule is Cn1cc(-c2ccc(Cn3cc(C(=O)N[C@H]4CCCCC[C@@H]4O)c4ncncc4c3=O)c(F)c2)cn1. The van der Waals surface area contributed by atoms with Crippen molar-refractivity contribution in [2.24, 2.45) is 7.05 Å². The molecule has 0 radical (unpaired) electrons. The fraction of sp³-hybridized carbons (Fsp3) is 0.346. The van der Waals surface area contributed by atoms with Gasteiger partial charge < -0.3 is 15.0 Å². The molecular formula is C26H27FN6O3. The standard InChI is InChI=1S/C26H27FN6O3/c1-32-12-18(10-30-32)16-7-8-17(21(27)9-16)13-33-14-20(24-19(26(33)36)11-28-15-29-24)25(35)31-22-5-3-2-4-6-23(22)34/h7-12,14-15,22-23,34H,2-6,13H2,1H3,(H,31,35)/t22-,23-/m0/s1. The smallest absolute Gasteiger partial charge is 0.261 e. The molecule has 1 aromatic carbocycles. The number of carbonyl (C=O) groups is 1. The predicted molar refractivity (Wildman–Crippen MR) is 132 cm³/mol. The number of hydrogen-bond donors (Lipinski definition) is 2. The molecule has 0 saturated heterocycles. The average Bonchev–Trinajstić information content (AvgIpc) is 3.21. The predicted octanol–water partition coefficient (Wildman–Crippen LogP) is 2.80. The highest BCUT2D eigenvalue weighted by atomic mass is 19.1. The maximum atomic E-state index is 15.0. The number of nitrogens with zero attached hydrogens (tertiary/aromatic N) is 5. The van der Waals surface area contributed by atoms with Crippen LogP contribution >= 0.6 is 0 Å². The molecule has 10 heteroatoms. The van der Waals surface area contributed by atoms with Gasteiger partial charge in [-0.1, -0.05) is 31.4 Å². The van der Waals surface area contributed by atoms with Gasteiger partial charge in [0, 0.05) is 36.8 Å². The van der Waals surface area contributed by atoms with E-state index in [1.165, 1.54) is 29.4 Å². The van der Waals surface area contributed by atoms with E-state index < -0.39 is 23.4 Å². The average molecular weight is 491 g/mol. The van der Waals surface area contributed by atoms with Crippen LogP contribution in [0.5, 0.6) is 0 Å². The molecule has 0 spiro atoms. The zero-order valence-corrected chi connectivity index (χ0v) is 19.9. The van der Waals surface area contributed by atoms with Crippen molar-refractivity contribution in [1.29, 1.82) is 0 Å². The number of aliphatic hydroxyl groups is 1. The largest absolute Gasteiger partial charge is 0.391 e. The van der Waals surface area contributed by atoms with E-state index in [4.69, 9.17) is 0 Å². The second-order valence-corrected chi connectivity index (χ2v) is 9.26. The van der Waals surface area contributed by atoms with Crippen LogP contribution < -0.4 is 10.9 Å². The van der Waals surface area contributed by atoms with Crippen molar-refractivity contribution in [3.63, 3.8) is 0 Å². The van der Waals surface area contributed by atoms with Gasteiger partial charge in [-0.25, -0.2) is 14.4 Å². The molecule has 2 atom stereocenters. The quantitative estimate of drug-likeness (QED) is 0.416. The summed E-state index contributed by atoms with van der Waals surface area (Å²) in [5, 5.41) is 17.6. The minimum atomic E-state index is -0.629. The van der Waals surface area contributed by atoms with Crippen LogP contribution in [0.15, 0.2) is 54.1 Å². The molecule has 1 saturated carbocycles. The van der Waals surface area contributed by atoms with Crippen molar-refractivity contribution in [3.8, 4) is 11.1 Å². The van der Waals surface area contributed by atoms with E-state index in [9.17, 15) is 14.7 Å². The van der Waals surface area contributed by atoms with Crippen LogP contribution in [0.1, 0.15) is 48.0 Å². The Balaban J connectivity index is 1.48. The lowest BCUT2D eigenvalue weighted by atomic mass is 10.0. The maximum Gasteiger partial charge on any atom is 0.261 e. The zero-order chi connectivity index (χ0) is 25.2. The second kappa shape index (κ2) is 9.98. The Hall–Kier alpha value is -3.92. The van der Waals surface area contributed by atoms with Gasteiger partial charge in [-0.2, -0.15) is 5.10 Å². The summed E-state index contributed by atoms with van der Waals surface area (Å²) >= 11 is 0. The normalized spacial score (nSPS) is 18.2. The summed E-state index contributed by atoms with van der Waals surface area (Å²) in [7, 11) is 1.79. The van der Waals surface area contributed by atoms with Crippen LogP contribution in [0.3, 0.4) is 0 Å². The van der Waals surface area contributed by atoms with Crippen LogP contribution in [0.2, 0.25) is 0 Å². The van der Waals surface area contributed by atoms with E-state index in [0.717, 1.165) is 24.8 Å². The highest BCUT2D eigenvalue weighted by molar-refractivity contribution is 6.04. The Morgan fingerprint density at radius 3 is 2.78 bits per heavy atom. The molecule has 186 valence electrons. The van der Waals surface area contributed by atoms with Crippen molar-refractivity contribution < 1.29 is 14.3 Å². The van der Waals surface area contributed by atoms with Crippen LogP contribution in [0.25, 0.3) is 22.0 Å². The van der Waals surface area contributed by atoms with Crippen LogP contribution in [-0.4, -0.2) is 47.5 Å². The molecule has 4 aromatic rings. The summed E-state index contributed by atoms with van der Waals surface area (Å²) in [5.41, 5.74) is 1.72. The van der Waals surface area contributed by atoms with E-state index in [1.54, 1.807) is 36.3 Å². The van der Waals surface area contributed by atoms with Gasteiger partial charge in [0.05, 0.1) is 41.4 Å². The van der Waals surface area contributed by atoms with Gasteiger partial charge in [0.15, 0.2) is 0 Å². The number of nitrogens with one attached hydrogen (secondary N) is 1. The second-order valence-electron chi connectivity index (χ2n) is 9.26. The summed E-state index contributed by atoms with van der Waals surface area (Å²) in [6.45, 7) is -0.0743. The lowest BCUT2D eigenvalue weighted by Crippen LogP contribution is -2.43. The summed E-state index contributed by atoms with van der Waals surface area (Å²) in [6.07, 6.45) is 11.0. The Morgan fingerprint density at radius 2 is 2.00 bits per heavy atom. The van der Waals surface area contributed by atoms with Crippen molar-refractivity contribution in [1.82, 2.24) is 29.6 Å². The number of halogens is 1. The van der Waals surface area contributed by atoms with Gasteiger partial charge in [0.2, 0.25) is 0 Å². The number of benzene rings is 1. The topological polar surface area (TPSA) is 115 Å². The van der Waals surface area contributed by atoms with Gasteiger partial charge >= 0.3 is 0 Å². The van der Waals surface area contributed by atoms with Crippen LogP contribution in [0.4, 0.5) is 4.39 Å². The fourth-order valence-electron chi connectivity index (χ4n) is 4.73. The number of hydrogen-bond acceptors (Lipinski definition) is 6. The first-order valence-electron chi connectivity index (χ1n) is 12.0. The Bertz CT molecular complexity index is 1480. The van der Waals surface area contributed by atoms with Gasteiger partial charge in [-0.15, -0.1) is 0 Å². The molecule has 0 unspecified atom stereocenters. The molecule has 3 heterocycles. The van der Waals surface area contributed by atoms with E-state index in [2.05, 4.69) is 20.4 Å². The molecule has 1 fully saturated rings. The molecule has 36 heavy (non-hydrogen) atoms. The maximum absolute atomic E-state index is 15.0. The number of aryl methyl sites for hydroxylation is 1. The number of amides is 1. The monoisotopic (exact) mass is 490 g/mol. The van der Waals surface area contributed by atoms with Crippen LogP contribution in [-0.2, 0) is 13.6 Å². The van der Waals surface area contributed by atoms with Crippen molar-refractivity contribution in [3.05, 3.63) is 76.6 Å². The fourth-order valence-corrected chi connectivity index (χ4v) is 4.73. The lowest BCUT2D eigenvalue weighted by Gasteiger charge is -2.22. The third-order valence-corrected chi connectivity index (χ3v) is 6.72. The Labute approximate surface area is 206 Å². The molecule has 0 bridgehead atoms. The third-order valence-electron chi connectivity index (χ3n) is 6.72. The molecule has 9 nitrogen and oxygen atoms in total. The molecule has 1 aliphatic rings. The van der Waals surface area contributed by atoms with Crippen molar-refractivity contribution in [2.45, 2.75) is 50.8 Å². The number of carbonyl (C=O) groups excluding carboxylic acids is 1. The molecule has 5 rings (SSSR count). The minimum Gasteiger partial charge on any atom is -0.391 e. The highest BCUT2D eigenvalue weighted by Gasteiger charge is 2.25. The molecule has 2 N–H and O–H groups in total. The van der Waals surface area contributed by atoms with Gasteiger partial charge in [-0.05, 0) is 24.5 Å². The number of aliphatic hydroxyl groups excluding tert-OH is 1. The zero-order valence-electron chi connectivity index (χ0n) is 19.9. The van der Waals surface area contributed by atoms with E-state index >= 15 is 4.39 Å². The number of rotatable bonds is 5. The number of fused-ring (bicyclic) bond motifs is 1. The first-order chi connectivity index (χ1) is 17.4. The number of pyridine rings is 1. The van der Waals surface area contributed by atoms with Crippen molar-refractivity contribution in [2.75, 3.05) is 0 Å². The van der Waals surface area contributed by atoms with Crippen LogP contribution in [0, 0.1) is 5.82 Å². The van der Waals surface area contributed by atoms with Crippen molar-refractivity contribution >= 4 is 16.8 Å². The first-order valence-corrected chi connectivity index (χ1v) is 12.0. The Morgan fingerprint density at radius 1 is 1.17 bits per heavy atom. The minimum absolute atomic E-state index is 0.0743. The summed E-state index contributed by atoms with van der Waals surface area (Å²) in [4.78, 5) is 34.6. The highest BCUT2D eigenvalue weighted by Crippen LogP contribution is 2.23. The van der Waals surface area contributed by atoms with E-state index in [1.807, 2.05) is 0 Å². The summed E-state index contributed by atoms with van der Waals surface area (Å²) in [6, 6.07) is 4.42. The van der Waals surface area contributed by atoms with E-state index in [0.29, 0.717) is 24.0 Å². The molecule has 0 aliphatic heterocycles. The van der Waals surface area contributed by atoms with E-state index in [-0.39, 0.29) is 29.1 Å².